The molecule has 0 bridgehead atoms. The second-order valence-corrected chi connectivity index (χ2v) is 9.33. The Hall–Kier alpha value is -2.45. The maximum atomic E-state index is 13.5. The van der Waals surface area contributed by atoms with Crippen LogP contribution in [0.2, 0.25) is 0 Å². The Morgan fingerprint density at radius 3 is 2.52 bits per heavy atom. The van der Waals surface area contributed by atoms with Crippen molar-refractivity contribution >= 4 is 17.5 Å². The van der Waals surface area contributed by atoms with Gasteiger partial charge in [-0.2, -0.15) is 0 Å². The first-order chi connectivity index (χ1) is 14.8. The summed E-state index contributed by atoms with van der Waals surface area (Å²) < 4.78 is 17.7. The van der Waals surface area contributed by atoms with Crippen molar-refractivity contribution in [3.05, 3.63) is 58.9 Å². The molecule has 0 amide bonds. The number of aryl methyl sites for hydroxylation is 1. The van der Waals surface area contributed by atoms with Crippen LogP contribution in [0.15, 0.2) is 35.5 Å². The van der Waals surface area contributed by atoms with Gasteiger partial charge >= 0.3 is 0 Å². The van der Waals surface area contributed by atoms with E-state index in [4.69, 9.17) is 0 Å². The predicted octanol–water partition coefficient (Wildman–Crippen LogP) is 4.76. The molecule has 0 radical (unpaired) electrons. The van der Waals surface area contributed by atoms with Gasteiger partial charge in [-0.25, -0.2) is 4.39 Å². The van der Waals surface area contributed by atoms with Crippen LogP contribution in [0.25, 0.3) is 5.69 Å². The van der Waals surface area contributed by atoms with E-state index in [1.54, 1.807) is 12.1 Å². The highest BCUT2D eigenvalue weighted by Gasteiger charge is 2.28. The van der Waals surface area contributed by atoms with Gasteiger partial charge in [-0.3, -0.25) is 14.3 Å². The van der Waals surface area contributed by atoms with Crippen LogP contribution in [0.3, 0.4) is 0 Å². The standard InChI is InChI=1S/C23H28FN5OS/c1-14-12-20(15(2)28(14)18-10-11-18)21(30)13-31-23-26-25-22(16(3)27(4)5)29(23)19-8-6-17(24)7-9-19/h6-9,12,16,18H,10-11,13H2,1-5H3/t16-/m1/s1. The van der Waals surface area contributed by atoms with Gasteiger partial charge in [-0.15, -0.1) is 10.2 Å². The zero-order valence-electron chi connectivity index (χ0n) is 18.6. The smallest absolute Gasteiger partial charge is 0.196 e. The predicted molar refractivity (Wildman–Crippen MR) is 121 cm³/mol. The Labute approximate surface area is 186 Å². The normalized spacial score (nSPS) is 14.9. The molecule has 6 nitrogen and oxygen atoms in total. The van der Waals surface area contributed by atoms with Crippen molar-refractivity contribution in [2.24, 2.45) is 0 Å². The molecule has 0 saturated heterocycles. The molecule has 1 aromatic carbocycles. The fourth-order valence-electron chi connectivity index (χ4n) is 3.87. The van der Waals surface area contributed by atoms with Crippen molar-refractivity contribution in [1.29, 1.82) is 0 Å². The van der Waals surface area contributed by atoms with Crippen molar-refractivity contribution in [2.45, 2.75) is 50.9 Å². The summed E-state index contributed by atoms with van der Waals surface area (Å²) >= 11 is 1.37. The van der Waals surface area contributed by atoms with E-state index in [0.717, 1.165) is 28.5 Å². The fraction of sp³-hybridized carbons (Fsp3) is 0.435. The second-order valence-electron chi connectivity index (χ2n) is 8.39. The minimum atomic E-state index is -0.297. The minimum Gasteiger partial charge on any atom is -0.345 e. The highest BCUT2D eigenvalue weighted by Crippen LogP contribution is 2.38. The van der Waals surface area contributed by atoms with Crippen LogP contribution in [0.4, 0.5) is 4.39 Å². The summed E-state index contributed by atoms with van der Waals surface area (Å²) in [6, 6.07) is 8.81. The zero-order valence-corrected chi connectivity index (χ0v) is 19.4. The van der Waals surface area contributed by atoms with Crippen LogP contribution in [0, 0.1) is 19.7 Å². The Morgan fingerprint density at radius 1 is 1.23 bits per heavy atom. The molecule has 3 aromatic rings. The summed E-state index contributed by atoms with van der Waals surface area (Å²) in [5.41, 5.74) is 3.75. The molecule has 1 fully saturated rings. The van der Waals surface area contributed by atoms with Gasteiger partial charge in [0.25, 0.3) is 0 Å². The molecule has 2 heterocycles. The van der Waals surface area contributed by atoms with Gasteiger partial charge in [0.1, 0.15) is 5.82 Å². The lowest BCUT2D eigenvalue weighted by Gasteiger charge is -2.20. The third kappa shape index (κ3) is 4.32. The first-order valence-corrected chi connectivity index (χ1v) is 11.5. The minimum absolute atomic E-state index is 0.0000670. The van der Waals surface area contributed by atoms with Gasteiger partial charge in [-0.05, 0) is 78.0 Å². The number of carbonyl (C=O) groups is 1. The third-order valence-corrected chi connectivity index (χ3v) is 6.85. The van der Waals surface area contributed by atoms with E-state index in [-0.39, 0.29) is 23.4 Å². The van der Waals surface area contributed by atoms with Crippen molar-refractivity contribution in [1.82, 2.24) is 24.2 Å². The van der Waals surface area contributed by atoms with Crippen molar-refractivity contribution in [3.8, 4) is 5.69 Å². The Bertz CT molecular complexity index is 1100. The molecule has 0 unspecified atom stereocenters. The highest BCUT2D eigenvalue weighted by molar-refractivity contribution is 7.99. The van der Waals surface area contributed by atoms with Gasteiger partial charge in [0.2, 0.25) is 0 Å². The second kappa shape index (κ2) is 8.59. The molecule has 0 spiro atoms. The maximum absolute atomic E-state index is 13.5. The van der Waals surface area contributed by atoms with E-state index in [1.165, 1.54) is 36.7 Å². The summed E-state index contributed by atoms with van der Waals surface area (Å²) in [4.78, 5) is 15.1. The number of Topliss-reactive ketones (excluding diaryl/α,β-unsaturated/α-hetero) is 1. The van der Waals surface area contributed by atoms with E-state index < -0.39 is 0 Å². The number of hydrogen-bond acceptors (Lipinski definition) is 5. The number of carbonyl (C=O) groups excluding carboxylic acids is 1. The van der Waals surface area contributed by atoms with Gasteiger partial charge in [-0.1, -0.05) is 11.8 Å². The molecule has 1 saturated carbocycles. The topological polar surface area (TPSA) is 56.0 Å². The first kappa shape index (κ1) is 21.8. The van der Waals surface area contributed by atoms with Crippen molar-refractivity contribution < 1.29 is 9.18 Å². The fourth-order valence-corrected chi connectivity index (χ4v) is 4.71. The molecular formula is C23H28FN5OS. The monoisotopic (exact) mass is 441 g/mol. The van der Waals surface area contributed by atoms with Crippen LogP contribution in [-0.2, 0) is 0 Å². The largest absolute Gasteiger partial charge is 0.345 e. The van der Waals surface area contributed by atoms with E-state index in [9.17, 15) is 9.18 Å². The average molecular weight is 442 g/mol. The molecule has 1 aliphatic carbocycles. The summed E-state index contributed by atoms with van der Waals surface area (Å²) in [5, 5.41) is 9.39. The molecule has 1 aliphatic rings. The number of rotatable bonds is 8. The maximum Gasteiger partial charge on any atom is 0.196 e. The van der Waals surface area contributed by atoms with Crippen LogP contribution in [0.5, 0.6) is 0 Å². The lowest BCUT2D eigenvalue weighted by Crippen LogP contribution is -2.20. The van der Waals surface area contributed by atoms with Crippen LogP contribution < -0.4 is 0 Å². The molecular weight excluding hydrogens is 413 g/mol. The van der Waals surface area contributed by atoms with Gasteiger partial charge in [0.15, 0.2) is 16.8 Å². The van der Waals surface area contributed by atoms with E-state index in [2.05, 4.69) is 21.7 Å². The molecule has 4 rings (SSSR count). The zero-order chi connectivity index (χ0) is 22.3. The summed E-state index contributed by atoms with van der Waals surface area (Å²) in [7, 11) is 3.95. The van der Waals surface area contributed by atoms with Gasteiger partial charge in [0.05, 0.1) is 11.8 Å². The lowest BCUT2D eigenvalue weighted by molar-refractivity contribution is 0.102. The van der Waals surface area contributed by atoms with E-state index in [0.29, 0.717) is 11.2 Å². The van der Waals surface area contributed by atoms with Crippen LogP contribution in [0.1, 0.15) is 59.4 Å². The number of aromatic nitrogens is 4. The number of hydrogen-bond donors (Lipinski definition) is 0. The number of halogens is 1. The molecule has 31 heavy (non-hydrogen) atoms. The first-order valence-electron chi connectivity index (χ1n) is 10.5. The molecule has 1 atom stereocenters. The van der Waals surface area contributed by atoms with Crippen LogP contribution in [-0.4, -0.2) is 49.9 Å². The Balaban J connectivity index is 1.60. The number of thioether (sulfide) groups is 1. The van der Waals surface area contributed by atoms with E-state index >= 15 is 0 Å². The Kier molecular flexibility index (Phi) is 6.03. The van der Waals surface area contributed by atoms with Crippen molar-refractivity contribution in [3.63, 3.8) is 0 Å². The summed E-state index contributed by atoms with van der Waals surface area (Å²) in [6.07, 6.45) is 2.37. The summed E-state index contributed by atoms with van der Waals surface area (Å²) in [6.45, 7) is 6.13. The lowest BCUT2D eigenvalue weighted by atomic mass is 10.2. The molecule has 0 aliphatic heterocycles. The highest BCUT2D eigenvalue weighted by atomic mass is 32.2. The SMILES string of the molecule is Cc1cc(C(=O)CSc2nnc([C@@H](C)N(C)C)n2-c2ccc(F)cc2)c(C)n1C1CC1. The average Bonchev–Trinajstić information content (AvgIpc) is 3.40. The molecule has 0 N–H and O–H groups in total. The van der Waals surface area contributed by atoms with Crippen molar-refractivity contribution in [2.75, 3.05) is 19.8 Å². The van der Waals surface area contributed by atoms with E-state index in [1.807, 2.05) is 43.5 Å². The summed E-state index contributed by atoms with van der Waals surface area (Å²) in [5.74, 6) is 0.804. The van der Waals surface area contributed by atoms with Gasteiger partial charge < -0.3 is 4.57 Å². The quantitative estimate of drug-likeness (QED) is 0.373. The third-order valence-electron chi connectivity index (χ3n) is 5.92. The number of ketones is 1. The molecule has 164 valence electrons. The number of benzene rings is 1. The number of nitrogens with zero attached hydrogens (tertiary/aromatic N) is 5. The Morgan fingerprint density at radius 2 is 1.90 bits per heavy atom. The van der Waals surface area contributed by atoms with Gasteiger partial charge in [0, 0.05) is 28.7 Å². The van der Waals surface area contributed by atoms with Crippen LogP contribution >= 0.6 is 11.8 Å². The molecule has 8 heteroatoms. The molecule has 2 aromatic heterocycles.